The molecule has 3 N–H and O–H groups in total. The predicted molar refractivity (Wildman–Crippen MR) is 200 cm³/mol. The number of esters is 1. The highest BCUT2D eigenvalue weighted by Crippen LogP contribution is 2.75. The number of Topliss-reactive ketones (excluding diaryl/α,β-unsaturated/α-hetero) is 1. The molecule has 0 spiro atoms. The van der Waals surface area contributed by atoms with E-state index in [1.807, 2.05) is 6.92 Å². The van der Waals surface area contributed by atoms with Gasteiger partial charge >= 0.3 is 11.9 Å². The molecule has 2 unspecified atom stereocenters. The van der Waals surface area contributed by atoms with Gasteiger partial charge in [-0.15, -0.1) is 0 Å². The number of nitrogens with zero attached hydrogens (tertiary/aromatic N) is 2. The maximum Gasteiger partial charge on any atom is 0.309 e. The molecule has 9 nitrogen and oxygen atoms in total. The Hall–Kier alpha value is -2.65. The summed E-state index contributed by atoms with van der Waals surface area (Å²) in [5.41, 5.74) is 2.11. The number of nitrogens with one attached hydrogen (secondary N) is 1. The average molecular weight is 720 g/mol. The van der Waals surface area contributed by atoms with Gasteiger partial charge in [-0.1, -0.05) is 54.0 Å². The lowest BCUT2D eigenvalue weighted by Gasteiger charge is -2.71. The standard InChI is InChI=1S/C43H65N3O6/c1-24(2)34-35-27(36(37(34)49)29(47)22-46-25(3)26-20-44-23-45-21-26)13-17-42(9)28(35)11-12-31-41(8)16-15-32(52-33(48)19-39(4,5)38(50)51)40(6,7)30(41)14-18-43(31,42)10/h20-21,23-25,27-32,36,46-47H,11-19,22H2,1-10H3,(H,50,51)/t25-,27?,28+,29-,30-,31+,32-,36?,41-,42+,43+/m0/s1. The summed E-state index contributed by atoms with van der Waals surface area (Å²) in [6.07, 6.45) is 12.0. The Kier molecular flexibility index (Phi) is 10.2. The van der Waals surface area contributed by atoms with Crippen LogP contribution in [0.2, 0.25) is 0 Å². The van der Waals surface area contributed by atoms with E-state index in [0.717, 1.165) is 62.5 Å². The number of carbonyl (C=O) groups is 3. The molecule has 52 heavy (non-hydrogen) atoms. The van der Waals surface area contributed by atoms with Gasteiger partial charge in [0, 0.05) is 36.0 Å². The van der Waals surface area contributed by atoms with E-state index in [4.69, 9.17) is 4.74 Å². The lowest BCUT2D eigenvalue weighted by molar-refractivity contribution is -0.232. The van der Waals surface area contributed by atoms with E-state index in [1.165, 1.54) is 11.9 Å². The summed E-state index contributed by atoms with van der Waals surface area (Å²) in [7, 11) is 0. The number of aromatic nitrogens is 2. The summed E-state index contributed by atoms with van der Waals surface area (Å²) < 4.78 is 6.16. The fraction of sp³-hybridized carbons (Fsp3) is 0.791. The van der Waals surface area contributed by atoms with Crippen molar-refractivity contribution in [2.24, 2.45) is 62.6 Å². The molecule has 4 fully saturated rings. The van der Waals surface area contributed by atoms with Gasteiger partial charge in [-0.05, 0) is 124 Å². The molecule has 1 aromatic heterocycles. The third-order valence-electron chi connectivity index (χ3n) is 16.0. The molecule has 288 valence electrons. The van der Waals surface area contributed by atoms with E-state index >= 15 is 0 Å². The number of fused-ring (bicyclic) bond motifs is 7. The molecule has 11 atom stereocenters. The van der Waals surface area contributed by atoms with E-state index in [9.17, 15) is 24.6 Å². The summed E-state index contributed by atoms with van der Waals surface area (Å²) in [4.78, 5) is 47.5. The van der Waals surface area contributed by atoms with Crippen LogP contribution >= 0.6 is 0 Å². The molecule has 6 rings (SSSR count). The molecule has 0 radical (unpaired) electrons. The molecule has 0 bridgehead atoms. The van der Waals surface area contributed by atoms with Gasteiger partial charge in [0.2, 0.25) is 0 Å². The van der Waals surface area contributed by atoms with Crippen molar-refractivity contribution in [2.45, 2.75) is 145 Å². The first-order valence-corrected chi connectivity index (χ1v) is 20.1. The zero-order valence-electron chi connectivity index (χ0n) is 33.4. The predicted octanol–water partition coefficient (Wildman–Crippen LogP) is 7.74. The first-order chi connectivity index (χ1) is 24.2. The highest BCUT2D eigenvalue weighted by molar-refractivity contribution is 6.02. The van der Waals surface area contributed by atoms with Crippen LogP contribution in [0.5, 0.6) is 0 Å². The zero-order chi connectivity index (χ0) is 38.2. The molecule has 1 heterocycles. The molecule has 0 saturated heterocycles. The van der Waals surface area contributed by atoms with E-state index in [-0.39, 0.29) is 57.8 Å². The van der Waals surface area contributed by atoms with Gasteiger partial charge in [-0.25, -0.2) is 9.97 Å². The van der Waals surface area contributed by atoms with Crippen LogP contribution in [0, 0.1) is 62.6 Å². The fourth-order valence-corrected chi connectivity index (χ4v) is 13.0. The monoisotopic (exact) mass is 719 g/mol. The molecule has 0 aliphatic heterocycles. The van der Waals surface area contributed by atoms with Gasteiger partial charge in [-0.3, -0.25) is 14.4 Å². The van der Waals surface area contributed by atoms with Gasteiger partial charge in [0.15, 0.2) is 5.78 Å². The smallest absolute Gasteiger partial charge is 0.309 e. The van der Waals surface area contributed by atoms with E-state index in [2.05, 4.69) is 63.8 Å². The molecular weight excluding hydrogens is 654 g/mol. The Morgan fingerprint density at radius 3 is 2.23 bits per heavy atom. The third-order valence-corrected chi connectivity index (χ3v) is 16.0. The number of hydrogen-bond donors (Lipinski definition) is 3. The molecule has 0 amide bonds. The van der Waals surface area contributed by atoms with Crippen molar-refractivity contribution in [3.05, 3.63) is 35.4 Å². The first-order valence-electron chi connectivity index (χ1n) is 20.1. The van der Waals surface area contributed by atoms with Crippen LogP contribution in [-0.4, -0.2) is 56.7 Å². The second kappa shape index (κ2) is 13.6. The van der Waals surface area contributed by atoms with Crippen molar-refractivity contribution in [1.82, 2.24) is 15.3 Å². The summed E-state index contributed by atoms with van der Waals surface area (Å²) >= 11 is 0. The van der Waals surface area contributed by atoms with E-state index < -0.39 is 29.4 Å². The van der Waals surface area contributed by atoms with Crippen molar-refractivity contribution in [3.63, 3.8) is 0 Å². The lowest BCUT2D eigenvalue weighted by Crippen LogP contribution is -2.65. The molecule has 4 saturated carbocycles. The fourth-order valence-electron chi connectivity index (χ4n) is 13.0. The molecule has 1 aromatic rings. The van der Waals surface area contributed by atoms with Crippen LogP contribution in [0.15, 0.2) is 29.9 Å². The second-order valence-electron chi connectivity index (χ2n) is 19.7. The van der Waals surface area contributed by atoms with E-state index in [1.54, 1.807) is 26.2 Å². The van der Waals surface area contributed by atoms with Crippen molar-refractivity contribution in [1.29, 1.82) is 0 Å². The van der Waals surface area contributed by atoms with Gasteiger partial charge in [-0.2, -0.15) is 0 Å². The highest BCUT2D eigenvalue weighted by Gasteiger charge is 2.69. The van der Waals surface area contributed by atoms with Crippen LogP contribution in [-0.2, 0) is 19.1 Å². The zero-order valence-corrected chi connectivity index (χ0v) is 33.4. The number of hydrogen-bond acceptors (Lipinski definition) is 8. The van der Waals surface area contributed by atoms with E-state index in [0.29, 0.717) is 24.3 Å². The second-order valence-corrected chi connectivity index (χ2v) is 19.7. The number of ether oxygens (including phenoxy) is 1. The Labute approximate surface area is 311 Å². The molecule has 0 aromatic carbocycles. The number of carboxylic acids is 1. The number of carboxylic acid groups (broad SMARTS) is 1. The quantitative estimate of drug-likeness (QED) is 0.207. The largest absolute Gasteiger partial charge is 0.481 e. The minimum Gasteiger partial charge on any atom is -0.481 e. The molecular formula is C43H65N3O6. The SMILES string of the molecule is CC(C)C1=C2C(CC[C@]3(C)[C@@H]2CC[C@@H]2[C@@]4(C)CC[C@H](OC(=O)CC(C)(C)C(=O)O)C(C)(C)[C@@H]4CC[C@]23C)C([C@@H](O)CN[C@@H](C)c2cncnc2)C1=O. The van der Waals surface area contributed by atoms with Crippen LogP contribution in [0.25, 0.3) is 0 Å². The number of carbonyl (C=O) groups excluding carboxylic acids is 2. The minimum absolute atomic E-state index is 0.0337. The maximum atomic E-state index is 14.4. The van der Waals surface area contributed by atoms with Gasteiger partial charge in [0.05, 0.1) is 23.9 Å². The maximum absolute atomic E-state index is 14.4. The Bertz CT molecular complexity index is 1590. The topological polar surface area (TPSA) is 139 Å². The summed E-state index contributed by atoms with van der Waals surface area (Å²) in [5, 5.41) is 24.8. The van der Waals surface area contributed by atoms with Gasteiger partial charge in [0.1, 0.15) is 12.4 Å². The van der Waals surface area contributed by atoms with Crippen molar-refractivity contribution in [3.8, 4) is 0 Å². The summed E-state index contributed by atoms with van der Waals surface area (Å²) in [5.74, 6) is -0.265. The highest BCUT2D eigenvalue weighted by atomic mass is 16.5. The normalized spacial score (nSPS) is 38.1. The lowest BCUT2D eigenvalue weighted by atomic mass is 9.33. The van der Waals surface area contributed by atoms with Crippen molar-refractivity contribution >= 4 is 17.7 Å². The third kappa shape index (κ3) is 6.08. The number of ketones is 1. The number of allylic oxidation sites excluding steroid dienone is 2. The van der Waals surface area contributed by atoms with Crippen LogP contribution in [0.1, 0.15) is 139 Å². The Balaban J connectivity index is 1.22. The van der Waals surface area contributed by atoms with Crippen LogP contribution < -0.4 is 5.32 Å². The van der Waals surface area contributed by atoms with Crippen molar-refractivity contribution < 1.29 is 29.3 Å². The summed E-state index contributed by atoms with van der Waals surface area (Å²) in [6.45, 7) is 22.0. The van der Waals surface area contributed by atoms with Crippen molar-refractivity contribution in [2.75, 3.05) is 6.54 Å². The number of aliphatic hydroxyl groups is 1. The Morgan fingerprint density at radius 1 is 0.942 bits per heavy atom. The number of aliphatic hydroxyl groups excluding tert-OH is 1. The summed E-state index contributed by atoms with van der Waals surface area (Å²) in [6, 6.07) is -0.0399. The van der Waals surface area contributed by atoms with Gasteiger partial charge in [0.25, 0.3) is 0 Å². The molecule has 9 heteroatoms. The van der Waals surface area contributed by atoms with Gasteiger partial charge < -0.3 is 20.3 Å². The number of aliphatic carboxylic acids is 1. The van der Waals surface area contributed by atoms with Crippen LogP contribution in [0.3, 0.4) is 0 Å². The molecule has 5 aliphatic carbocycles. The number of rotatable bonds is 10. The molecule has 5 aliphatic rings. The average Bonchev–Trinajstić information content (AvgIpc) is 3.37. The van der Waals surface area contributed by atoms with Crippen LogP contribution in [0.4, 0.5) is 0 Å². The first kappa shape index (κ1) is 39.1. The Morgan fingerprint density at radius 2 is 1.60 bits per heavy atom. The minimum atomic E-state index is -1.16.